The molecule has 0 radical (unpaired) electrons. The molecule has 1 aliphatic heterocycles. The average Bonchev–Trinajstić information content (AvgIpc) is 3.00. The Bertz CT molecular complexity index is 1090. The van der Waals surface area contributed by atoms with Gasteiger partial charge in [0.25, 0.3) is 5.91 Å². The van der Waals surface area contributed by atoms with Gasteiger partial charge in [-0.25, -0.2) is 0 Å². The van der Waals surface area contributed by atoms with Crippen molar-refractivity contribution in [2.45, 2.75) is 19.4 Å². The second kappa shape index (κ2) is 7.86. The zero-order valence-electron chi connectivity index (χ0n) is 16.7. The van der Waals surface area contributed by atoms with Gasteiger partial charge in [-0.05, 0) is 66.6 Å². The lowest BCUT2D eigenvalue weighted by Gasteiger charge is -2.33. The van der Waals surface area contributed by atoms with Gasteiger partial charge in [-0.15, -0.1) is 0 Å². The molecular formula is C23H23Cl2N3O. The molecule has 2 aromatic carbocycles. The first-order chi connectivity index (χ1) is 13.8. The lowest BCUT2D eigenvalue weighted by atomic mass is 9.84. The summed E-state index contributed by atoms with van der Waals surface area (Å²) < 4.78 is 1.84. The van der Waals surface area contributed by atoms with E-state index in [1.165, 1.54) is 0 Å². The van der Waals surface area contributed by atoms with Crippen LogP contribution in [0, 0.1) is 6.92 Å². The van der Waals surface area contributed by atoms with Crippen molar-refractivity contribution in [1.29, 1.82) is 0 Å². The van der Waals surface area contributed by atoms with Gasteiger partial charge in [0, 0.05) is 48.0 Å². The number of aromatic nitrogens is 1. The third kappa shape index (κ3) is 4.06. The van der Waals surface area contributed by atoms with Crippen molar-refractivity contribution in [2.24, 2.45) is 7.05 Å². The van der Waals surface area contributed by atoms with Crippen LogP contribution < -0.4 is 5.32 Å². The van der Waals surface area contributed by atoms with Crippen LogP contribution in [0.3, 0.4) is 0 Å². The van der Waals surface area contributed by atoms with Gasteiger partial charge >= 0.3 is 0 Å². The van der Waals surface area contributed by atoms with Crippen LogP contribution in [-0.4, -0.2) is 29.0 Å². The molecule has 0 aliphatic carbocycles. The molecule has 1 aliphatic rings. The quantitative estimate of drug-likeness (QED) is 0.601. The predicted octanol–water partition coefficient (Wildman–Crippen LogP) is 5.47. The van der Waals surface area contributed by atoms with Crippen molar-refractivity contribution >= 4 is 34.8 Å². The lowest BCUT2D eigenvalue weighted by Crippen LogP contribution is -2.31. The van der Waals surface area contributed by atoms with Gasteiger partial charge in [-0.2, -0.15) is 0 Å². The van der Waals surface area contributed by atoms with Gasteiger partial charge in [0.1, 0.15) is 5.69 Å². The first-order valence-electron chi connectivity index (χ1n) is 9.52. The van der Waals surface area contributed by atoms with Crippen LogP contribution in [0.5, 0.6) is 0 Å². The summed E-state index contributed by atoms with van der Waals surface area (Å²) in [7, 11) is 3.96. The van der Waals surface area contributed by atoms with Crippen molar-refractivity contribution < 1.29 is 4.79 Å². The van der Waals surface area contributed by atoms with Crippen LogP contribution in [0.1, 0.15) is 38.7 Å². The second-order valence-electron chi connectivity index (χ2n) is 7.80. The third-order valence-electron chi connectivity index (χ3n) is 5.41. The van der Waals surface area contributed by atoms with Crippen LogP contribution in [0.25, 0.3) is 0 Å². The standard InChI is InChI=1S/C23H23Cl2N3O/c1-14-7-22(28(3)11-14)23(29)26-17-6-4-5-15(8-17)19-12-27(2)13-20-18(19)9-16(24)10-21(20)25/h4-11,19H,12-13H2,1-3H3,(H,26,29). The minimum Gasteiger partial charge on any atom is -0.346 e. The summed E-state index contributed by atoms with van der Waals surface area (Å²) in [5, 5.41) is 4.37. The van der Waals surface area contributed by atoms with Crippen molar-refractivity contribution in [1.82, 2.24) is 9.47 Å². The van der Waals surface area contributed by atoms with Gasteiger partial charge in [-0.3, -0.25) is 4.79 Å². The number of benzene rings is 2. The summed E-state index contributed by atoms with van der Waals surface area (Å²) in [5.41, 5.74) is 5.85. The van der Waals surface area contributed by atoms with E-state index in [9.17, 15) is 4.79 Å². The number of carbonyl (C=O) groups is 1. The van der Waals surface area contributed by atoms with Crippen molar-refractivity contribution in [3.05, 3.63) is 86.7 Å². The van der Waals surface area contributed by atoms with E-state index in [1.54, 1.807) is 6.07 Å². The molecule has 1 unspecified atom stereocenters. The summed E-state index contributed by atoms with van der Waals surface area (Å²) >= 11 is 12.8. The van der Waals surface area contributed by atoms with Crippen LogP contribution in [0.4, 0.5) is 5.69 Å². The minimum atomic E-state index is -0.120. The molecule has 4 rings (SSSR count). The number of rotatable bonds is 3. The normalized spacial score (nSPS) is 16.5. The number of nitrogens with zero attached hydrogens (tertiary/aromatic N) is 2. The van der Waals surface area contributed by atoms with E-state index in [0.717, 1.165) is 41.0 Å². The Morgan fingerprint density at radius 2 is 1.93 bits per heavy atom. The number of hydrogen-bond acceptors (Lipinski definition) is 2. The molecule has 29 heavy (non-hydrogen) atoms. The Hall–Kier alpha value is -2.27. The lowest BCUT2D eigenvalue weighted by molar-refractivity contribution is 0.101. The van der Waals surface area contributed by atoms with Gasteiger partial charge in [0.15, 0.2) is 0 Å². The molecule has 150 valence electrons. The third-order valence-corrected chi connectivity index (χ3v) is 5.97. The highest BCUT2D eigenvalue weighted by molar-refractivity contribution is 6.35. The Kier molecular flexibility index (Phi) is 5.43. The summed E-state index contributed by atoms with van der Waals surface area (Å²) in [5.74, 6) is 0.0130. The van der Waals surface area contributed by atoms with Crippen LogP contribution in [0.2, 0.25) is 10.0 Å². The Morgan fingerprint density at radius 3 is 2.66 bits per heavy atom. The molecule has 0 spiro atoms. The fourth-order valence-corrected chi connectivity index (χ4v) is 4.68. The average molecular weight is 428 g/mol. The molecular weight excluding hydrogens is 405 g/mol. The number of aryl methyl sites for hydroxylation is 2. The van der Waals surface area contributed by atoms with Gasteiger partial charge in [0.2, 0.25) is 0 Å². The maximum absolute atomic E-state index is 12.7. The molecule has 1 atom stereocenters. The maximum atomic E-state index is 12.7. The number of carbonyl (C=O) groups excluding carboxylic acids is 1. The number of halogens is 2. The fourth-order valence-electron chi connectivity index (χ4n) is 4.11. The molecule has 0 saturated carbocycles. The van der Waals surface area contributed by atoms with E-state index in [4.69, 9.17) is 23.2 Å². The Labute approximate surface area is 181 Å². The Balaban J connectivity index is 1.66. The van der Waals surface area contributed by atoms with Crippen molar-refractivity contribution in [3.63, 3.8) is 0 Å². The van der Waals surface area contributed by atoms with Crippen molar-refractivity contribution in [2.75, 3.05) is 18.9 Å². The van der Waals surface area contributed by atoms with Crippen LogP contribution in [-0.2, 0) is 13.6 Å². The topological polar surface area (TPSA) is 37.3 Å². The maximum Gasteiger partial charge on any atom is 0.272 e. The highest BCUT2D eigenvalue weighted by Crippen LogP contribution is 2.38. The Morgan fingerprint density at radius 1 is 1.14 bits per heavy atom. The number of amides is 1. The molecule has 4 nitrogen and oxygen atoms in total. The van der Waals surface area contributed by atoms with Crippen molar-refractivity contribution in [3.8, 4) is 0 Å². The first-order valence-corrected chi connectivity index (χ1v) is 10.3. The smallest absolute Gasteiger partial charge is 0.272 e. The highest BCUT2D eigenvalue weighted by atomic mass is 35.5. The molecule has 1 N–H and O–H groups in total. The van der Waals surface area contributed by atoms with E-state index < -0.39 is 0 Å². The van der Waals surface area contributed by atoms with Gasteiger partial charge < -0.3 is 14.8 Å². The predicted molar refractivity (Wildman–Crippen MR) is 119 cm³/mol. The van der Waals surface area contributed by atoms with E-state index >= 15 is 0 Å². The van der Waals surface area contributed by atoms with Crippen LogP contribution >= 0.6 is 23.2 Å². The molecule has 0 bridgehead atoms. The number of nitrogens with one attached hydrogen (secondary N) is 1. The molecule has 0 fully saturated rings. The molecule has 2 heterocycles. The van der Waals surface area contributed by atoms with Crippen LogP contribution in [0.15, 0.2) is 48.7 Å². The van der Waals surface area contributed by atoms with E-state index in [1.807, 2.05) is 55.1 Å². The van der Waals surface area contributed by atoms with Gasteiger partial charge in [0.05, 0.1) is 0 Å². The summed E-state index contributed by atoms with van der Waals surface area (Å²) in [6.07, 6.45) is 1.94. The second-order valence-corrected chi connectivity index (χ2v) is 8.64. The number of hydrogen-bond donors (Lipinski definition) is 1. The first kappa shape index (κ1) is 20.0. The fraction of sp³-hybridized carbons (Fsp3) is 0.261. The number of fused-ring (bicyclic) bond motifs is 1. The van der Waals surface area contributed by atoms with E-state index in [-0.39, 0.29) is 11.8 Å². The minimum absolute atomic E-state index is 0.120. The largest absolute Gasteiger partial charge is 0.346 e. The van der Waals surface area contributed by atoms with Gasteiger partial charge in [-0.1, -0.05) is 35.3 Å². The zero-order valence-corrected chi connectivity index (χ0v) is 18.2. The number of likely N-dealkylation sites (N-methyl/N-ethyl adjacent to an activating group) is 1. The molecule has 1 amide bonds. The van der Waals surface area contributed by atoms with E-state index in [2.05, 4.69) is 23.3 Å². The number of anilines is 1. The van der Waals surface area contributed by atoms with E-state index in [0.29, 0.717) is 15.7 Å². The highest BCUT2D eigenvalue weighted by Gasteiger charge is 2.27. The summed E-state index contributed by atoms with van der Waals surface area (Å²) in [6, 6.07) is 13.7. The summed E-state index contributed by atoms with van der Waals surface area (Å²) in [6.45, 7) is 3.63. The summed E-state index contributed by atoms with van der Waals surface area (Å²) in [4.78, 5) is 15.0. The SMILES string of the molecule is Cc1cc(C(=O)Nc2cccc(C3CN(C)Cc4c(Cl)cc(Cl)cc43)c2)n(C)c1. The molecule has 1 aromatic heterocycles. The molecule has 6 heteroatoms. The zero-order chi connectivity index (χ0) is 20.7. The molecule has 0 saturated heterocycles. The monoisotopic (exact) mass is 427 g/mol. The molecule has 3 aromatic rings.